The van der Waals surface area contributed by atoms with Gasteiger partial charge in [-0.25, -0.2) is 8.78 Å². The number of nitrogens with two attached hydrogens (primary N) is 1. The number of oxime groups is 1. The lowest BCUT2D eigenvalue weighted by molar-refractivity contribution is 0.304. The number of anilines is 1. The highest BCUT2D eigenvalue weighted by molar-refractivity contribution is 5.85. The first-order valence-electron chi connectivity index (χ1n) is 6.53. The van der Waals surface area contributed by atoms with Crippen molar-refractivity contribution in [3.63, 3.8) is 0 Å². The van der Waals surface area contributed by atoms with Gasteiger partial charge in [0.05, 0.1) is 0 Å². The second-order valence-corrected chi connectivity index (χ2v) is 5.41. The minimum absolute atomic E-state index is 0.206. The summed E-state index contributed by atoms with van der Waals surface area (Å²) in [6.45, 7) is 4.41. The average Bonchev–Trinajstić information content (AvgIpc) is 2.36. The Morgan fingerprint density at radius 2 is 1.85 bits per heavy atom. The molecular weight excluding hydrogens is 264 g/mol. The van der Waals surface area contributed by atoms with E-state index in [0.29, 0.717) is 12.2 Å². The highest BCUT2D eigenvalue weighted by Crippen LogP contribution is 2.23. The summed E-state index contributed by atoms with van der Waals surface area (Å²) in [5.74, 6) is -0.987. The summed E-state index contributed by atoms with van der Waals surface area (Å²) in [7, 11) is 0. The Hall–Kier alpha value is -1.85. The number of nitrogens with one attached hydrogen (secondary N) is 1. The highest BCUT2D eigenvalue weighted by Gasteiger charge is 2.22. The molecule has 0 heterocycles. The Bertz CT molecular complexity index is 455. The zero-order chi connectivity index (χ0) is 15.2. The predicted octanol–water partition coefficient (Wildman–Crippen LogP) is 3.32. The van der Waals surface area contributed by atoms with Gasteiger partial charge in [0.25, 0.3) is 0 Å². The number of unbranched alkanes of at least 4 members (excludes halogenated alkanes) is 1. The van der Waals surface area contributed by atoms with E-state index in [1.165, 1.54) is 12.1 Å². The minimum atomic E-state index is -0.597. The molecule has 0 saturated heterocycles. The summed E-state index contributed by atoms with van der Waals surface area (Å²) >= 11 is 0. The first kappa shape index (κ1) is 16.2. The average molecular weight is 285 g/mol. The van der Waals surface area contributed by atoms with Crippen LogP contribution < -0.4 is 11.1 Å². The molecular formula is C14H21F2N3O. The van der Waals surface area contributed by atoms with E-state index in [4.69, 9.17) is 10.9 Å². The molecule has 112 valence electrons. The Morgan fingerprint density at radius 3 is 2.40 bits per heavy atom. The zero-order valence-electron chi connectivity index (χ0n) is 11.8. The minimum Gasteiger partial charge on any atom is -0.409 e. The summed E-state index contributed by atoms with van der Waals surface area (Å²) in [5.41, 5.74) is 5.66. The quantitative estimate of drug-likeness (QED) is 0.237. The molecule has 0 spiro atoms. The van der Waals surface area contributed by atoms with Gasteiger partial charge in [-0.2, -0.15) is 0 Å². The maximum absolute atomic E-state index is 13.0. The number of hydrogen-bond donors (Lipinski definition) is 3. The van der Waals surface area contributed by atoms with Gasteiger partial charge in [-0.1, -0.05) is 25.4 Å². The normalized spacial score (nSPS) is 12.5. The lowest BCUT2D eigenvalue weighted by Crippen LogP contribution is -2.31. The third-order valence-electron chi connectivity index (χ3n) is 3.22. The van der Waals surface area contributed by atoms with Crippen molar-refractivity contribution in [2.24, 2.45) is 16.3 Å². The van der Waals surface area contributed by atoms with Crippen LogP contribution in [0, 0.1) is 17.0 Å². The summed E-state index contributed by atoms with van der Waals surface area (Å²) in [6, 6.07) is 3.34. The van der Waals surface area contributed by atoms with Crippen LogP contribution in [0.2, 0.25) is 0 Å². The van der Waals surface area contributed by atoms with Crippen LogP contribution in [0.15, 0.2) is 23.4 Å². The fourth-order valence-electron chi connectivity index (χ4n) is 1.84. The van der Waals surface area contributed by atoms with Gasteiger partial charge in [0, 0.05) is 23.7 Å². The third-order valence-corrected chi connectivity index (χ3v) is 3.22. The van der Waals surface area contributed by atoms with Gasteiger partial charge < -0.3 is 16.3 Å². The Kier molecular flexibility index (Phi) is 5.73. The van der Waals surface area contributed by atoms with Crippen LogP contribution in [0.5, 0.6) is 0 Å². The molecule has 0 unspecified atom stereocenters. The van der Waals surface area contributed by atoms with E-state index in [-0.39, 0.29) is 11.3 Å². The number of nitrogens with zero attached hydrogens (tertiary/aromatic N) is 1. The lowest BCUT2D eigenvalue weighted by atomic mass is 9.86. The Labute approximate surface area is 117 Å². The number of benzene rings is 1. The monoisotopic (exact) mass is 285 g/mol. The first-order chi connectivity index (χ1) is 9.35. The molecule has 4 N–H and O–H groups in total. The fourth-order valence-corrected chi connectivity index (χ4v) is 1.84. The van der Waals surface area contributed by atoms with Crippen LogP contribution in [0.25, 0.3) is 0 Å². The summed E-state index contributed by atoms with van der Waals surface area (Å²) < 4.78 is 25.9. The predicted molar refractivity (Wildman–Crippen MR) is 75.9 cm³/mol. The van der Waals surface area contributed by atoms with Gasteiger partial charge in [0.2, 0.25) is 0 Å². The zero-order valence-corrected chi connectivity index (χ0v) is 11.8. The maximum Gasteiger partial charge on any atom is 0.144 e. The third kappa shape index (κ3) is 5.03. The van der Waals surface area contributed by atoms with Gasteiger partial charge in [0.1, 0.15) is 17.5 Å². The van der Waals surface area contributed by atoms with Crippen LogP contribution in [0.3, 0.4) is 0 Å². The molecule has 0 fully saturated rings. The number of hydrogen-bond acceptors (Lipinski definition) is 3. The molecule has 1 aromatic rings. The second-order valence-electron chi connectivity index (χ2n) is 5.41. The highest BCUT2D eigenvalue weighted by atomic mass is 19.1. The van der Waals surface area contributed by atoms with Crippen LogP contribution in [0.1, 0.15) is 33.1 Å². The molecule has 0 radical (unpaired) electrons. The van der Waals surface area contributed by atoms with E-state index in [0.717, 1.165) is 25.3 Å². The molecule has 0 aliphatic heterocycles. The van der Waals surface area contributed by atoms with Crippen molar-refractivity contribution in [2.45, 2.75) is 33.1 Å². The molecule has 0 aliphatic rings. The van der Waals surface area contributed by atoms with E-state index in [1.807, 2.05) is 13.8 Å². The standard InChI is InChI=1S/C14H21F2N3O/c1-14(2,13(17)19-20)5-3-4-6-18-12-8-10(15)7-11(16)9-12/h7-9,18,20H,3-6H2,1-2H3,(H2,17,19). The molecule has 4 nitrogen and oxygen atoms in total. The molecule has 20 heavy (non-hydrogen) atoms. The number of amidine groups is 1. The molecule has 1 aromatic carbocycles. The molecule has 1 rings (SSSR count). The van der Waals surface area contributed by atoms with Crippen molar-refractivity contribution in [3.8, 4) is 0 Å². The molecule has 0 atom stereocenters. The Morgan fingerprint density at radius 1 is 1.25 bits per heavy atom. The van der Waals surface area contributed by atoms with Crippen LogP contribution in [-0.2, 0) is 0 Å². The van der Waals surface area contributed by atoms with Gasteiger partial charge in [-0.15, -0.1) is 0 Å². The van der Waals surface area contributed by atoms with Gasteiger partial charge in [0.15, 0.2) is 0 Å². The maximum atomic E-state index is 13.0. The van der Waals surface area contributed by atoms with Crippen LogP contribution >= 0.6 is 0 Å². The van der Waals surface area contributed by atoms with Crippen molar-refractivity contribution in [2.75, 3.05) is 11.9 Å². The summed E-state index contributed by atoms with van der Waals surface area (Å²) in [6.07, 6.45) is 2.44. The summed E-state index contributed by atoms with van der Waals surface area (Å²) in [4.78, 5) is 0. The van der Waals surface area contributed by atoms with E-state index >= 15 is 0 Å². The van der Waals surface area contributed by atoms with Crippen molar-refractivity contribution in [3.05, 3.63) is 29.8 Å². The smallest absolute Gasteiger partial charge is 0.144 e. The molecule has 0 bridgehead atoms. The van der Waals surface area contributed by atoms with E-state index in [1.54, 1.807) is 0 Å². The molecule has 0 aliphatic carbocycles. The lowest BCUT2D eigenvalue weighted by Gasteiger charge is -2.22. The van der Waals surface area contributed by atoms with Crippen molar-refractivity contribution in [1.82, 2.24) is 0 Å². The second kappa shape index (κ2) is 7.07. The van der Waals surface area contributed by atoms with Gasteiger partial charge in [-0.3, -0.25) is 0 Å². The van der Waals surface area contributed by atoms with Crippen molar-refractivity contribution >= 4 is 11.5 Å². The first-order valence-corrected chi connectivity index (χ1v) is 6.53. The van der Waals surface area contributed by atoms with E-state index < -0.39 is 11.6 Å². The molecule has 0 aromatic heterocycles. The SMILES string of the molecule is CC(C)(CCCCNc1cc(F)cc(F)c1)/C(N)=N/O. The fraction of sp³-hybridized carbons (Fsp3) is 0.500. The molecule has 0 saturated carbocycles. The van der Waals surface area contributed by atoms with Crippen molar-refractivity contribution < 1.29 is 14.0 Å². The topological polar surface area (TPSA) is 70.6 Å². The molecule has 0 amide bonds. The van der Waals surface area contributed by atoms with Crippen LogP contribution in [0.4, 0.5) is 14.5 Å². The van der Waals surface area contributed by atoms with Crippen molar-refractivity contribution in [1.29, 1.82) is 0 Å². The van der Waals surface area contributed by atoms with Gasteiger partial charge in [-0.05, 0) is 25.0 Å². The Balaban J connectivity index is 2.32. The van der Waals surface area contributed by atoms with Crippen LogP contribution in [-0.4, -0.2) is 17.6 Å². The van der Waals surface area contributed by atoms with E-state index in [2.05, 4.69) is 10.5 Å². The van der Waals surface area contributed by atoms with E-state index in [9.17, 15) is 8.78 Å². The summed E-state index contributed by atoms with van der Waals surface area (Å²) in [5, 5.41) is 14.6. The number of halogens is 2. The number of rotatable bonds is 7. The van der Waals surface area contributed by atoms with Gasteiger partial charge >= 0.3 is 0 Å². The molecule has 6 heteroatoms. The largest absolute Gasteiger partial charge is 0.409 e.